The Morgan fingerprint density at radius 2 is 2.11 bits per heavy atom. The highest BCUT2D eigenvalue weighted by Crippen LogP contribution is 2.18. The molecule has 18 heavy (non-hydrogen) atoms. The van der Waals surface area contributed by atoms with E-state index in [2.05, 4.69) is 15.5 Å². The molecule has 0 saturated carbocycles. The molecular weight excluding hydrogens is 254 g/mol. The number of hydrogen-bond donors (Lipinski definition) is 1. The first kappa shape index (κ1) is 12.6. The van der Waals surface area contributed by atoms with Crippen LogP contribution in [0.5, 0.6) is 0 Å². The number of carbonyl (C=O) groups excluding carboxylic acids is 1. The van der Waals surface area contributed by atoms with Gasteiger partial charge in [-0.3, -0.25) is 4.79 Å². The van der Waals surface area contributed by atoms with Gasteiger partial charge in [-0.1, -0.05) is 16.8 Å². The Morgan fingerprint density at radius 3 is 2.78 bits per heavy atom. The van der Waals surface area contributed by atoms with E-state index in [1.165, 1.54) is 6.92 Å². The molecule has 0 aliphatic rings. The van der Waals surface area contributed by atoms with E-state index >= 15 is 0 Å². The van der Waals surface area contributed by atoms with Crippen LogP contribution < -0.4 is 5.32 Å². The lowest BCUT2D eigenvalue weighted by atomic mass is 10.2. The van der Waals surface area contributed by atoms with Crippen molar-refractivity contribution in [2.24, 2.45) is 0 Å². The molecule has 1 aromatic heterocycles. The maximum absolute atomic E-state index is 10.7. The van der Waals surface area contributed by atoms with Crippen molar-refractivity contribution in [3.05, 3.63) is 35.2 Å². The highest BCUT2D eigenvalue weighted by molar-refractivity contribution is 6.30. The van der Waals surface area contributed by atoms with Gasteiger partial charge in [-0.2, -0.15) is 4.98 Å². The third kappa shape index (κ3) is 3.30. The van der Waals surface area contributed by atoms with Crippen molar-refractivity contribution in [2.75, 3.05) is 6.54 Å². The van der Waals surface area contributed by atoms with E-state index in [1.54, 1.807) is 12.1 Å². The van der Waals surface area contributed by atoms with Gasteiger partial charge in [0.15, 0.2) is 0 Å². The molecule has 0 aliphatic carbocycles. The van der Waals surface area contributed by atoms with Gasteiger partial charge in [-0.25, -0.2) is 0 Å². The number of amides is 1. The summed E-state index contributed by atoms with van der Waals surface area (Å²) in [5.41, 5.74) is 0.842. The zero-order chi connectivity index (χ0) is 13.0. The van der Waals surface area contributed by atoms with E-state index in [0.717, 1.165) is 5.56 Å². The zero-order valence-corrected chi connectivity index (χ0v) is 10.6. The third-order valence-electron chi connectivity index (χ3n) is 2.28. The SMILES string of the molecule is CC(=O)NCCc1nc(-c2ccc(Cl)cc2)no1. The summed E-state index contributed by atoms with van der Waals surface area (Å²) in [6, 6.07) is 7.18. The molecule has 6 heteroatoms. The minimum atomic E-state index is -0.0764. The van der Waals surface area contributed by atoms with Crippen molar-refractivity contribution in [2.45, 2.75) is 13.3 Å². The van der Waals surface area contributed by atoms with Gasteiger partial charge in [0.1, 0.15) is 0 Å². The molecule has 0 radical (unpaired) electrons. The molecule has 1 N–H and O–H groups in total. The molecule has 94 valence electrons. The normalized spacial score (nSPS) is 10.3. The minimum absolute atomic E-state index is 0.0764. The molecule has 2 rings (SSSR count). The Balaban J connectivity index is 2.01. The van der Waals surface area contributed by atoms with Crippen LogP contribution >= 0.6 is 11.6 Å². The molecule has 1 heterocycles. The summed E-state index contributed by atoms with van der Waals surface area (Å²) in [5.74, 6) is 0.936. The summed E-state index contributed by atoms with van der Waals surface area (Å²) in [4.78, 5) is 14.9. The Hall–Kier alpha value is -1.88. The zero-order valence-electron chi connectivity index (χ0n) is 9.81. The average Bonchev–Trinajstić information content (AvgIpc) is 2.78. The third-order valence-corrected chi connectivity index (χ3v) is 2.54. The Bertz CT molecular complexity index is 537. The number of carbonyl (C=O) groups is 1. The monoisotopic (exact) mass is 265 g/mol. The Kier molecular flexibility index (Phi) is 3.94. The maximum Gasteiger partial charge on any atom is 0.228 e. The van der Waals surface area contributed by atoms with Crippen LogP contribution in [0.15, 0.2) is 28.8 Å². The summed E-state index contributed by atoms with van der Waals surface area (Å²) in [6.45, 7) is 1.95. The Morgan fingerprint density at radius 1 is 1.39 bits per heavy atom. The molecule has 0 unspecified atom stereocenters. The van der Waals surface area contributed by atoms with E-state index in [9.17, 15) is 4.79 Å². The predicted molar refractivity (Wildman–Crippen MR) is 67.1 cm³/mol. The number of aromatic nitrogens is 2. The fourth-order valence-electron chi connectivity index (χ4n) is 1.42. The van der Waals surface area contributed by atoms with Crippen molar-refractivity contribution in [1.82, 2.24) is 15.5 Å². The van der Waals surface area contributed by atoms with E-state index in [4.69, 9.17) is 16.1 Å². The van der Waals surface area contributed by atoms with Crippen LogP contribution in [0.1, 0.15) is 12.8 Å². The second-order valence-corrected chi connectivity index (χ2v) is 4.19. The first-order valence-corrected chi connectivity index (χ1v) is 5.86. The molecule has 2 aromatic rings. The summed E-state index contributed by atoms with van der Waals surface area (Å²) in [7, 11) is 0. The average molecular weight is 266 g/mol. The van der Waals surface area contributed by atoms with Crippen molar-refractivity contribution < 1.29 is 9.32 Å². The van der Waals surface area contributed by atoms with Gasteiger partial charge in [0.05, 0.1) is 0 Å². The number of benzene rings is 1. The van der Waals surface area contributed by atoms with Crippen LogP contribution in [-0.4, -0.2) is 22.6 Å². The van der Waals surface area contributed by atoms with Crippen molar-refractivity contribution in [1.29, 1.82) is 0 Å². The number of hydrogen-bond acceptors (Lipinski definition) is 4. The van der Waals surface area contributed by atoms with Crippen LogP contribution in [0.2, 0.25) is 5.02 Å². The van der Waals surface area contributed by atoms with E-state index < -0.39 is 0 Å². The number of nitrogens with zero attached hydrogens (tertiary/aromatic N) is 2. The summed E-state index contributed by atoms with van der Waals surface area (Å²) >= 11 is 5.80. The molecule has 0 spiro atoms. The summed E-state index contributed by atoms with van der Waals surface area (Å²) in [5, 5.41) is 7.20. The van der Waals surface area contributed by atoms with Gasteiger partial charge in [0.2, 0.25) is 17.6 Å². The second-order valence-electron chi connectivity index (χ2n) is 3.75. The molecule has 0 atom stereocenters. The van der Waals surface area contributed by atoms with Crippen molar-refractivity contribution in [3.63, 3.8) is 0 Å². The second kappa shape index (κ2) is 5.64. The van der Waals surface area contributed by atoms with Gasteiger partial charge >= 0.3 is 0 Å². The van der Waals surface area contributed by atoms with Crippen LogP contribution in [0.3, 0.4) is 0 Å². The number of nitrogens with one attached hydrogen (secondary N) is 1. The highest BCUT2D eigenvalue weighted by Gasteiger charge is 2.08. The smallest absolute Gasteiger partial charge is 0.228 e. The van der Waals surface area contributed by atoms with Crippen molar-refractivity contribution >= 4 is 17.5 Å². The molecule has 5 nitrogen and oxygen atoms in total. The molecule has 0 fully saturated rings. The van der Waals surface area contributed by atoms with Crippen LogP contribution in [0.25, 0.3) is 11.4 Å². The van der Waals surface area contributed by atoms with E-state index in [1.807, 2.05) is 12.1 Å². The fraction of sp³-hybridized carbons (Fsp3) is 0.250. The molecule has 1 amide bonds. The van der Waals surface area contributed by atoms with Gasteiger partial charge in [-0.05, 0) is 24.3 Å². The van der Waals surface area contributed by atoms with E-state index in [0.29, 0.717) is 29.7 Å². The van der Waals surface area contributed by atoms with Gasteiger partial charge in [-0.15, -0.1) is 0 Å². The first-order chi connectivity index (χ1) is 8.65. The largest absolute Gasteiger partial charge is 0.356 e. The van der Waals surface area contributed by atoms with E-state index in [-0.39, 0.29) is 5.91 Å². The highest BCUT2D eigenvalue weighted by atomic mass is 35.5. The fourth-order valence-corrected chi connectivity index (χ4v) is 1.54. The lowest BCUT2D eigenvalue weighted by Gasteiger charge is -1.96. The molecule has 0 aliphatic heterocycles. The van der Waals surface area contributed by atoms with Crippen LogP contribution in [0.4, 0.5) is 0 Å². The lowest BCUT2D eigenvalue weighted by Crippen LogP contribution is -2.22. The molecular formula is C12H12ClN3O2. The minimum Gasteiger partial charge on any atom is -0.356 e. The quantitative estimate of drug-likeness (QED) is 0.919. The van der Waals surface area contributed by atoms with Crippen LogP contribution in [-0.2, 0) is 11.2 Å². The summed E-state index contributed by atoms with van der Waals surface area (Å²) in [6.07, 6.45) is 0.514. The molecule has 1 aromatic carbocycles. The topological polar surface area (TPSA) is 68.0 Å². The standard InChI is InChI=1S/C12H12ClN3O2/c1-8(17)14-7-6-11-15-12(16-18-11)9-2-4-10(13)5-3-9/h2-5H,6-7H2,1H3,(H,14,17). The maximum atomic E-state index is 10.7. The summed E-state index contributed by atoms with van der Waals surface area (Å²) < 4.78 is 5.09. The first-order valence-electron chi connectivity index (χ1n) is 5.48. The van der Waals surface area contributed by atoms with Crippen molar-refractivity contribution in [3.8, 4) is 11.4 Å². The Labute approximate surface area is 109 Å². The number of rotatable bonds is 4. The van der Waals surface area contributed by atoms with Gasteiger partial charge in [0.25, 0.3) is 0 Å². The van der Waals surface area contributed by atoms with Gasteiger partial charge in [0, 0.05) is 30.5 Å². The molecule has 0 saturated heterocycles. The molecule has 0 bridgehead atoms. The number of halogens is 1. The van der Waals surface area contributed by atoms with Crippen LogP contribution in [0, 0.1) is 0 Å². The predicted octanol–water partition coefficient (Wildman–Crippen LogP) is 2.07. The van der Waals surface area contributed by atoms with Gasteiger partial charge < -0.3 is 9.84 Å². The lowest BCUT2D eigenvalue weighted by molar-refractivity contribution is -0.118.